The molecule has 0 fully saturated rings. The average Bonchev–Trinajstić information content (AvgIpc) is 2.62. The van der Waals surface area contributed by atoms with Crippen LogP contribution in [0.2, 0.25) is 0 Å². The molecule has 0 aliphatic heterocycles. The highest BCUT2D eigenvalue weighted by Crippen LogP contribution is 2.19. The van der Waals surface area contributed by atoms with Crippen molar-refractivity contribution in [2.24, 2.45) is 0 Å². The zero-order valence-corrected chi connectivity index (χ0v) is 14.5. The zero-order chi connectivity index (χ0) is 17.4. The molecule has 0 aromatic heterocycles. The van der Waals surface area contributed by atoms with Crippen molar-refractivity contribution in [1.29, 1.82) is 0 Å². The van der Waals surface area contributed by atoms with E-state index in [9.17, 15) is 9.59 Å². The Hall–Kier alpha value is -2.30. The van der Waals surface area contributed by atoms with Gasteiger partial charge in [0.05, 0.1) is 0 Å². The third-order valence-electron chi connectivity index (χ3n) is 4.26. The first-order chi connectivity index (χ1) is 11.6. The molecule has 0 saturated heterocycles. The standard InChI is InChI=1S/C19H27N3O2/c1-14(18(23)21-12-11-15-7-4-3-5-8-15)22-17-10-6-9-16(13-17)19(24)20-2/h6-7,9-10,13-14,22H,3-5,8,11-12H2,1-2H3,(H,20,24)(H,21,23). The second kappa shape index (κ2) is 9.11. The molecular formula is C19H27N3O2. The van der Waals surface area contributed by atoms with Crippen molar-refractivity contribution in [3.8, 4) is 0 Å². The zero-order valence-electron chi connectivity index (χ0n) is 14.5. The van der Waals surface area contributed by atoms with Crippen LogP contribution in [0.1, 0.15) is 49.4 Å². The fraction of sp³-hybridized carbons (Fsp3) is 0.474. The molecule has 3 N–H and O–H groups in total. The van der Waals surface area contributed by atoms with Gasteiger partial charge in [-0.1, -0.05) is 17.7 Å². The molecule has 0 bridgehead atoms. The molecular weight excluding hydrogens is 302 g/mol. The summed E-state index contributed by atoms with van der Waals surface area (Å²) in [6, 6.07) is 6.78. The van der Waals surface area contributed by atoms with Crippen LogP contribution in [-0.4, -0.2) is 31.4 Å². The lowest BCUT2D eigenvalue weighted by atomic mass is 9.97. The number of carbonyl (C=O) groups is 2. The first kappa shape index (κ1) is 18.0. The fourth-order valence-electron chi connectivity index (χ4n) is 2.84. The Bertz CT molecular complexity index is 610. The maximum absolute atomic E-state index is 12.2. The van der Waals surface area contributed by atoms with E-state index in [1.54, 1.807) is 25.2 Å². The highest BCUT2D eigenvalue weighted by molar-refractivity contribution is 5.95. The second-order valence-electron chi connectivity index (χ2n) is 6.18. The summed E-state index contributed by atoms with van der Waals surface area (Å²) in [6.07, 6.45) is 8.12. The van der Waals surface area contributed by atoms with E-state index in [0.29, 0.717) is 12.1 Å². The highest BCUT2D eigenvalue weighted by Gasteiger charge is 2.13. The minimum atomic E-state index is -0.356. The summed E-state index contributed by atoms with van der Waals surface area (Å²) in [5.74, 6) is -0.173. The van der Waals surface area contributed by atoms with E-state index in [2.05, 4.69) is 22.0 Å². The predicted molar refractivity (Wildman–Crippen MR) is 97.1 cm³/mol. The maximum atomic E-state index is 12.2. The van der Waals surface area contributed by atoms with Gasteiger partial charge in [-0.3, -0.25) is 9.59 Å². The number of amides is 2. The Morgan fingerprint density at radius 1 is 1.25 bits per heavy atom. The second-order valence-corrected chi connectivity index (χ2v) is 6.18. The molecule has 0 spiro atoms. The van der Waals surface area contributed by atoms with Crippen LogP contribution in [0.3, 0.4) is 0 Å². The minimum absolute atomic E-state index is 0.0308. The average molecular weight is 329 g/mol. The number of nitrogens with one attached hydrogen (secondary N) is 3. The first-order valence-corrected chi connectivity index (χ1v) is 8.64. The highest BCUT2D eigenvalue weighted by atomic mass is 16.2. The molecule has 130 valence electrons. The molecule has 2 amide bonds. The van der Waals surface area contributed by atoms with Gasteiger partial charge in [0.1, 0.15) is 6.04 Å². The third-order valence-corrected chi connectivity index (χ3v) is 4.26. The molecule has 5 nitrogen and oxygen atoms in total. The van der Waals surface area contributed by atoms with Gasteiger partial charge in [0.2, 0.25) is 5.91 Å². The minimum Gasteiger partial charge on any atom is -0.374 e. The summed E-state index contributed by atoms with van der Waals surface area (Å²) in [4.78, 5) is 23.8. The molecule has 1 aliphatic carbocycles. The largest absolute Gasteiger partial charge is 0.374 e. The molecule has 5 heteroatoms. The van der Waals surface area contributed by atoms with Crippen LogP contribution in [0.25, 0.3) is 0 Å². The van der Waals surface area contributed by atoms with E-state index in [0.717, 1.165) is 18.5 Å². The number of hydrogen-bond acceptors (Lipinski definition) is 3. The van der Waals surface area contributed by atoms with E-state index >= 15 is 0 Å². The van der Waals surface area contributed by atoms with E-state index < -0.39 is 0 Å². The van der Waals surface area contributed by atoms with Crippen molar-refractivity contribution < 1.29 is 9.59 Å². The number of allylic oxidation sites excluding steroid dienone is 1. The third kappa shape index (κ3) is 5.41. The Labute approximate surface area is 143 Å². The molecule has 1 aromatic carbocycles. The van der Waals surface area contributed by atoms with E-state index in [-0.39, 0.29) is 17.9 Å². The van der Waals surface area contributed by atoms with Crippen molar-refractivity contribution in [3.05, 3.63) is 41.5 Å². The lowest BCUT2D eigenvalue weighted by Crippen LogP contribution is -2.38. The van der Waals surface area contributed by atoms with Gasteiger partial charge in [-0.05, 0) is 57.2 Å². The maximum Gasteiger partial charge on any atom is 0.251 e. The van der Waals surface area contributed by atoms with Crippen LogP contribution in [0.5, 0.6) is 0 Å². The Balaban J connectivity index is 1.80. The van der Waals surface area contributed by atoms with Gasteiger partial charge in [0.15, 0.2) is 0 Å². The van der Waals surface area contributed by atoms with Gasteiger partial charge >= 0.3 is 0 Å². The fourth-order valence-corrected chi connectivity index (χ4v) is 2.84. The molecule has 0 heterocycles. The molecule has 1 unspecified atom stereocenters. The van der Waals surface area contributed by atoms with Crippen molar-refractivity contribution in [3.63, 3.8) is 0 Å². The summed E-state index contributed by atoms with van der Waals surface area (Å²) >= 11 is 0. The van der Waals surface area contributed by atoms with Gasteiger partial charge in [-0.2, -0.15) is 0 Å². The molecule has 1 atom stereocenters. The first-order valence-electron chi connectivity index (χ1n) is 8.64. The van der Waals surface area contributed by atoms with E-state index in [4.69, 9.17) is 0 Å². The van der Waals surface area contributed by atoms with Gasteiger partial charge in [0.25, 0.3) is 5.91 Å². The lowest BCUT2D eigenvalue weighted by molar-refractivity contribution is -0.121. The van der Waals surface area contributed by atoms with E-state index in [1.807, 2.05) is 13.0 Å². The summed E-state index contributed by atoms with van der Waals surface area (Å²) < 4.78 is 0. The monoisotopic (exact) mass is 329 g/mol. The number of hydrogen-bond donors (Lipinski definition) is 3. The molecule has 1 aromatic rings. The Morgan fingerprint density at radius 3 is 2.79 bits per heavy atom. The van der Waals surface area contributed by atoms with Crippen molar-refractivity contribution >= 4 is 17.5 Å². The smallest absolute Gasteiger partial charge is 0.251 e. The quantitative estimate of drug-likeness (QED) is 0.674. The van der Waals surface area contributed by atoms with Gasteiger partial charge in [-0.15, -0.1) is 0 Å². The molecule has 0 saturated carbocycles. The van der Waals surface area contributed by atoms with Crippen LogP contribution >= 0.6 is 0 Å². The SMILES string of the molecule is CNC(=O)c1cccc(NC(C)C(=O)NCCC2=CCCCC2)c1. The number of carbonyl (C=O) groups excluding carboxylic acids is 2. The molecule has 24 heavy (non-hydrogen) atoms. The molecule has 1 aliphatic rings. The summed E-state index contributed by atoms with van der Waals surface area (Å²) in [7, 11) is 1.60. The lowest BCUT2D eigenvalue weighted by Gasteiger charge is -2.17. The van der Waals surface area contributed by atoms with Crippen LogP contribution in [-0.2, 0) is 4.79 Å². The Kier molecular flexibility index (Phi) is 6.85. The van der Waals surface area contributed by atoms with Gasteiger partial charge in [-0.25, -0.2) is 0 Å². The molecule has 0 radical (unpaired) electrons. The number of benzene rings is 1. The predicted octanol–water partition coefficient (Wildman–Crippen LogP) is 2.85. The topological polar surface area (TPSA) is 70.2 Å². The van der Waals surface area contributed by atoms with Gasteiger partial charge in [0, 0.05) is 24.8 Å². The van der Waals surface area contributed by atoms with Gasteiger partial charge < -0.3 is 16.0 Å². The summed E-state index contributed by atoms with van der Waals surface area (Å²) in [5.41, 5.74) is 2.79. The summed E-state index contributed by atoms with van der Waals surface area (Å²) in [5, 5.41) is 8.71. The number of rotatable bonds is 7. The molecule has 2 rings (SSSR count). The van der Waals surface area contributed by atoms with Crippen molar-refractivity contribution in [1.82, 2.24) is 10.6 Å². The van der Waals surface area contributed by atoms with Crippen LogP contribution in [0, 0.1) is 0 Å². The number of anilines is 1. The normalized spacial score (nSPS) is 15.2. The van der Waals surface area contributed by atoms with Crippen LogP contribution in [0.15, 0.2) is 35.9 Å². The van der Waals surface area contributed by atoms with Crippen LogP contribution in [0.4, 0.5) is 5.69 Å². The Morgan fingerprint density at radius 2 is 2.08 bits per heavy atom. The summed E-state index contributed by atoms with van der Waals surface area (Å²) in [6.45, 7) is 2.50. The van der Waals surface area contributed by atoms with Crippen molar-refractivity contribution in [2.75, 3.05) is 18.9 Å². The van der Waals surface area contributed by atoms with Crippen molar-refractivity contribution in [2.45, 2.75) is 45.1 Å². The van der Waals surface area contributed by atoms with Crippen LogP contribution < -0.4 is 16.0 Å². The van der Waals surface area contributed by atoms with E-state index in [1.165, 1.54) is 24.8 Å².